The molecule has 1 unspecified atom stereocenters. The average molecular weight is 341 g/mol. The van der Waals surface area contributed by atoms with Crippen LogP contribution < -0.4 is 4.74 Å². The normalized spacial score (nSPS) is 19.7. The zero-order valence-electron chi connectivity index (χ0n) is 12.5. The lowest BCUT2D eigenvalue weighted by molar-refractivity contribution is 0.195. The first-order valence-electron chi connectivity index (χ1n) is 7.57. The van der Waals surface area contributed by atoms with E-state index < -0.39 is 0 Å². The Kier molecular flexibility index (Phi) is 6.33. The van der Waals surface area contributed by atoms with Gasteiger partial charge in [0.1, 0.15) is 12.4 Å². The number of likely N-dealkylation sites (tertiary alicyclic amines) is 1. The molecule has 20 heavy (non-hydrogen) atoms. The number of halogens is 1. The Morgan fingerprint density at radius 3 is 2.85 bits per heavy atom. The minimum absolute atomic E-state index is 0.732. The molecule has 112 valence electrons. The van der Waals surface area contributed by atoms with E-state index in [2.05, 4.69) is 39.6 Å². The molecule has 0 bridgehead atoms. The topological polar surface area (TPSA) is 15.7 Å². The predicted octanol–water partition coefficient (Wildman–Crippen LogP) is 3.24. The third-order valence-electron chi connectivity index (χ3n) is 4.05. The van der Waals surface area contributed by atoms with Crippen molar-refractivity contribution in [1.82, 2.24) is 9.80 Å². The first-order valence-corrected chi connectivity index (χ1v) is 8.37. The highest BCUT2D eigenvalue weighted by atomic mass is 79.9. The fraction of sp³-hybridized carbons (Fsp3) is 0.625. The molecule has 1 aliphatic heterocycles. The number of hydrogen-bond acceptors (Lipinski definition) is 3. The number of rotatable bonds is 7. The second kappa shape index (κ2) is 8.01. The number of benzene rings is 1. The van der Waals surface area contributed by atoms with Crippen molar-refractivity contribution in [3.05, 3.63) is 28.7 Å². The first kappa shape index (κ1) is 15.8. The van der Waals surface area contributed by atoms with Gasteiger partial charge in [-0.1, -0.05) is 35.8 Å². The Morgan fingerprint density at radius 1 is 1.35 bits per heavy atom. The van der Waals surface area contributed by atoms with Crippen LogP contribution in [0.3, 0.4) is 0 Å². The van der Waals surface area contributed by atoms with Crippen LogP contribution in [0.2, 0.25) is 0 Å². The van der Waals surface area contributed by atoms with Gasteiger partial charge in [-0.15, -0.1) is 0 Å². The second-order valence-corrected chi connectivity index (χ2v) is 6.19. The van der Waals surface area contributed by atoms with Crippen LogP contribution >= 0.6 is 15.9 Å². The third-order valence-corrected chi connectivity index (χ3v) is 4.54. The van der Waals surface area contributed by atoms with Gasteiger partial charge in [0.25, 0.3) is 0 Å². The van der Waals surface area contributed by atoms with Crippen LogP contribution in [-0.4, -0.2) is 55.2 Å². The monoisotopic (exact) mass is 340 g/mol. The molecule has 1 saturated heterocycles. The zero-order chi connectivity index (χ0) is 14.4. The zero-order valence-corrected chi connectivity index (χ0v) is 14.1. The fourth-order valence-corrected chi connectivity index (χ4v) is 3.28. The maximum atomic E-state index is 5.81. The van der Waals surface area contributed by atoms with Crippen LogP contribution in [0.4, 0.5) is 0 Å². The molecule has 3 nitrogen and oxygen atoms in total. The van der Waals surface area contributed by atoms with Crippen LogP contribution in [0.25, 0.3) is 0 Å². The molecule has 4 heteroatoms. The molecule has 1 aromatic carbocycles. The summed E-state index contributed by atoms with van der Waals surface area (Å²) in [7, 11) is 0. The quantitative estimate of drug-likeness (QED) is 0.757. The van der Waals surface area contributed by atoms with Crippen LogP contribution in [0.5, 0.6) is 5.75 Å². The Balaban J connectivity index is 1.71. The van der Waals surface area contributed by atoms with Crippen molar-refractivity contribution in [2.24, 2.45) is 0 Å². The van der Waals surface area contributed by atoms with Crippen LogP contribution in [-0.2, 0) is 0 Å². The summed E-state index contributed by atoms with van der Waals surface area (Å²) >= 11 is 3.46. The number of likely N-dealkylation sites (N-methyl/N-ethyl adjacent to an activating group) is 1. The molecule has 1 fully saturated rings. The van der Waals surface area contributed by atoms with Gasteiger partial charge >= 0.3 is 0 Å². The van der Waals surface area contributed by atoms with Gasteiger partial charge < -0.3 is 4.74 Å². The third kappa shape index (κ3) is 4.47. The van der Waals surface area contributed by atoms with Crippen molar-refractivity contribution in [2.45, 2.75) is 26.3 Å². The van der Waals surface area contributed by atoms with Crippen molar-refractivity contribution in [1.29, 1.82) is 0 Å². The molecule has 0 N–H and O–H groups in total. The van der Waals surface area contributed by atoms with Crippen molar-refractivity contribution in [3.63, 3.8) is 0 Å². The molecule has 0 radical (unpaired) electrons. The summed E-state index contributed by atoms with van der Waals surface area (Å²) in [6.07, 6.45) is 1.29. The van der Waals surface area contributed by atoms with E-state index in [1.807, 2.05) is 24.3 Å². The number of hydrogen-bond donors (Lipinski definition) is 0. The summed E-state index contributed by atoms with van der Waals surface area (Å²) in [5.74, 6) is 0.943. The molecule has 1 atom stereocenters. The van der Waals surface area contributed by atoms with Gasteiger partial charge in [0.05, 0.1) is 0 Å². The summed E-state index contributed by atoms with van der Waals surface area (Å²) < 4.78 is 6.88. The highest BCUT2D eigenvalue weighted by Gasteiger charge is 2.25. The summed E-state index contributed by atoms with van der Waals surface area (Å²) in [6, 6.07) is 8.78. The van der Waals surface area contributed by atoms with Crippen molar-refractivity contribution in [3.8, 4) is 5.75 Å². The smallest absolute Gasteiger partial charge is 0.120 e. The van der Waals surface area contributed by atoms with Crippen molar-refractivity contribution in [2.75, 3.05) is 39.3 Å². The maximum Gasteiger partial charge on any atom is 0.120 e. The van der Waals surface area contributed by atoms with E-state index in [0.717, 1.165) is 42.5 Å². The average Bonchev–Trinajstić information content (AvgIpc) is 2.89. The summed E-state index contributed by atoms with van der Waals surface area (Å²) in [5.41, 5.74) is 0. The van der Waals surface area contributed by atoms with Gasteiger partial charge in [0.2, 0.25) is 0 Å². The molecule has 0 aliphatic carbocycles. The highest BCUT2D eigenvalue weighted by Crippen LogP contribution is 2.18. The highest BCUT2D eigenvalue weighted by molar-refractivity contribution is 9.10. The molecular weight excluding hydrogens is 316 g/mol. The van der Waals surface area contributed by atoms with Gasteiger partial charge in [-0.2, -0.15) is 0 Å². The van der Waals surface area contributed by atoms with E-state index in [-0.39, 0.29) is 0 Å². The first-order chi connectivity index (χ1) is 9.72. The minimum atomic E-state index is 0.732. The molecule has 1 aromatic rings. The van der Waals surface area contributed by atoms with Gasteiger partial charge in [-0.25, -0.2) is 0 Å². The van der Waals surface area contributed by atoms with Crippen LogP contribution in [0, 0.1) is 0 Å². The van der Waals surface area contributed by atoms with Crippen LogP contribution in [0.15, 0.2) is 28.7 Å². The van der Waals surface area contributed by atoms with E-state index in [9.17, 15) is 0 Å². The number of nitrogens with zero attached hydrogens (tertiary/aromatic N) is 2. The largest absolute Gasteiger partial charge is 0.492 e. The van der Waals surface area contributed by atoms with E-state index in [4.69, 9.17) is 4.74 Å². The lowest BCUT2D eigenvalue weighted by Crippen LogP contribution is -2.37. The van der Waals surface area contributed by atoms with E-state index in [1.165, 1.54) is 19.5 Å². The molecule has 0 spiro atoms. The Bertz CT molecular complexity index is 409. The van der Waals surface area contributed by atoms with Gasteiger partial charge in [-0.3, -0.25) is 9.80 Å². The Labute approximate surface area is 131 Å². The molecule has 1 aliphatic rings. The predicted molar refractivity (Wildman–Crippen MR) is 87.4 cm³/mol. The molecule has 0 aromatic heterocycles. The lowest BCUT2D eigenvalue weighted by atomic mass is 10.2. The SMILES string of the molecule is CCN(CC)C1CCN(CCOc2cccc(Br)c2)C1. The number of ether oxygens (including phenoxy) is 1. The molecule has 2 rings (SSSR count). The van der Waals surface area contributed by atoms with E-state index in [0.29, 0.717) is 0 Å². The summed E-state index contributed by atoms with van der Waals surface area (Å²) in [4.78, 5) is 5.08. The van der Waals surface area contributed by atoms with Gasteiger partial charge in [0.15, 0.2) is 0 Å². The fourth-order valence-electron chi connectivity index (χ4n) is 2.90. The van der Waals surface area contributed by atoms with E-state index >= 15 is 0 Å². The molecule has 1 heterocycles. The summed E-state index contributed by atoms with van der Waals surface area (Å²) in [5, 5.41) is 0. The molecular formula is C16H25BrN2O. The van der Waals surface area contributed by atoms with Crippen LogP contribution in [0.1, 0.15) is 20.3 Å². The standard InChI is InChI=1S/C16H25BrN2O/c1-3-19(4-2)15-8-9-18(13-15)10-11-20-16-7-5-6-14(17)12-16/h5-7,12,15H,3-4,8-11,13H2,1-2H3. The Hall–Kier alpha value is -0.580. The van der Waals surface area contributed by atoms with E-state index in [1.54, 1.807) is 0 Å². The molecule has 0 amide bonds. The Morgan fingerprint density at radius 2 is 2.15 bits per heavy atom. The molecule has 0 saturated carbocycles. The van der Waals surface area contributed by atoms with Gasteiger partial charge in [-0.05, 0) is 44.3 Å². The minimum Gasteiger partial charge on any atom is -0.492 e. The van der Waals surface area contributed by atoms with Crippen molar-refractivity contribution < 1.29 is 4.74 Å². The maximum absolute atomic E-state index is 5.81. The second-order valence-electron chi connectivity index (χ2n) is 5.27. The van der Waals surface area contributed by atoms with Gasteiger partial charge in [0, 0.05) is 23.6 Å². The lowest BCUT2D eigenvalue weighted by Gasteiger charge is -2.26. The van der Waals surface area contributed by atoms with Crippen molar-refractivity contribution >= 4 is 15.9 Å². The summed E-state index contributed by atoms with van der Waals surface area (Å²) in [6.45, 7) is 11.0.